The fraction of sp³-hybridized carbons (Fsp3) is 0.174. The maximum atomic E-state index is 13.7. The van der Waals surface area contributed by atoms with Crippen LogP contribution in [0, 0.1) is 0 Å². The summed E-state index contributed by atoms with van der Waals surface area (Å²) in [5, 5.41) is 7.33. The number of pyridine rings is 1. The normalized spacial score (nSPS) is 12.1. The van der Waals surface area contributed by atoms with Crippen molar-refractivity contribution in [2.75, 3.05) is 11.9 Å². The van der Waals surface area contributed by atoms with Gasteiger partial charge in [0.05, 0.1) is 21.3 Å². The number of ether oxygens (including phenoxy) is 1. The van der Waals surface area contributed by atoms with Crippen molar-refractivity contribution in [1.29, 1.82) is 0 Å². The fourth-order valence-electron chi connectivity index (χ4n) is 3.79. The Labute approximate surface area is 203 Å². The highest BCUT2D eigenvalue weighted by Gasteiger charge is 2.27. The van der Waals surface area contributed by atoms with E-state index in [2.05, 4.69) is 20.1 Å². The highest BCUT2D eigenvalue weighted by molar-refractivity contribution is 7.22. The minimum absolute atomic E-state index is 0.0129. The van der Waals surface area contributed by atoms with E-state index in [1.54, 1.807) is 36.1 Å². The van der Waals surface area contributed by atoms with Crippen molar-refractivity contribution in [3.63, 3.8) is 0 Å². The molecule has 0 radical (unpaired) electrons. The zero-order valence-corrected chi connectivity index (χ0v) is 19.2. The molecule has 0 bridgehead atoms. The average Bonchev–Trinajstić information content (AvgIpc) is 3.38. The number of halogens is 5. The Morgan fingerprint density at radius 3 is 2.56 bits per heavy atom. The molecule has 0 atom stereocenters. The molecule has 0 amide bonds. The molecule has 0 aliphatic rings. The van der Waals surface area contributed by atoms with Gasteiger partial charge in [0.2, 0.25) is 0 Å². The molecule has 13 heteroatoms. The Bertz CT molecular complexity index is 1620. The van der Waals surface area contributed by atoms with Crippen molar-refractivity contribution in [3.05, 3.63) is 65.2 Å². The van der Waals surface area contributed by atoms with Crippen LogP contribution in [0.4, 0.5) is 27.1 Å². The number of hydrogen-bond donors (Lipinski definition) is 1. The lowest BCUT2D eigenvalue weighted by Crippen LogP contribution is -2.21. The number of fused-ring (bicyclic) bond motifs is 2. The van der Waals surface area contributed by atoms with Crippen molar-refractivity contribution in [3.8, 4) is 22.6 Å². The summed E-state index contributed by atoms with van der Waals surface area (Å²) in [4.78, 5) is 17.9. The molecular formula is C23H16F5N5O2S. The Kier molecular flexibility index (Phi) is 5.86. The van der Waals surface area contributed by atoms with E-state index in [1.165, 1.54) is 35.0 Å². The van der Waals surface area contributed by atoms with Crippen LogP contribution in [0.3, 0.4) is 0 Å². The zero-order valence-electron chi connectivity index (χ0n) is 18.4. The standard InChI is InChI=1S/C23H16F5N5O2S/c1-32-9-13-8-14(4-7-16(13)31-32)33-10-17-19(30-22(36-17)29-11-23(26,27)28)18(20(33)34)12-2-5-15(6-3-12)35-21(24)25/h2-10,21H,11H2,1H3,(H,29,30). The lowest BCUT2D eigenvalue weighted by atomic mass is 10.1. The number of nitrogens with zero attached hydrogens (tertiary/aromatic N) is 4. The van der Waals surface area contributed by atoms with E-state index in [9.17, 15) is 26.7 Å². The Morgan fingerprint density at radius 1 is 1.11 bits per heavy atom. The summed E-state index contributed by atoms with van der Waals surface area (Å²) >= 11 is 0.961. The van der Waals surface area contributed by atoms with E-state index >= 15 is 0 Å². The first-order valence-corrected chi connectivity index (χ1v) is 11.2. The van der Waals surface area contributed by atoms with E-state index in [4.69, 9.17) is 0 Å². The van der Waals surface area contributed by atoms with Crippen LogP contribution in [0.2, 0.25) is 0 Å². The number of hydrogen-bond acceptors (Lipinski definition) is 6. The number of thiazole rings is 1. The second-order valence-electron chi connectivity index (χ2n) is 7.83. The topological polar surface area (TPSA) is 74.0 Å². The molecule has 3 heterocycles. The third-order valence-electron chi connectivity index (χ3n) is 5.26. The third-order valence-corrected chi connectivity index (χ3v) is 6.21. The van der Waals surface area contributed by atoms with Crippen molar-refractivity contribution in [1.82, 2.24) is 19.3 Å². The molecule has 1 N–H and O–H groups in total. The summed E-state index contributed by atoms with van der Waals surface area (Å²) in [6.45, 7) is -4.30. The summed E-state index contributed by atoms with van der Waals surface area (Å²) in [5.74, 6) is -0.103. The van der Waals surface area contributed by atoms with Gasteiger partial charge < -0.3 is 10.1 Å². The molecule has 0 unspecified atom stereocenters. The maximum Gasteiger partial charge on any atom is 0.405 e. The predicted molar refractivity (Wildman–Crippen MR) is 126 cm³/mol. The fourth-order valence-corrected chi connectivity index (χ4v) is 4.68. The molecule has 36 heavy (non-hydrogen) atoms. The number of aromatic nitrogens is 4. The predicted octanol–water partition coefficient (Wildman–Crippen LogP) is 5.58. The van der Waals surface area contributed by atoms with Crippen molar-refractivity contribution >= 4 is 37.6 Å². The maximum absolute atomic E-state index is 13.7. The number of anilines is 1. The Morgan fingerprint density at radius 2 is 1.86 bits per heavy atom. The molecule has 5 aromatic rings. The molecule has 0 saturated carbocycles. The quantitative estimate of drug-likeness (QED) is 0.296. The molecule has 3 aromatic heterocycles. The number of rotatable bonds is 6. The first kappa shape index (κ1) is 23.7. The second kappa shape index (κ2) is 8.90. The van der Waals surface area contributed by atoms with Crippen LogP contribution < -0.4 is 15.6 Å². The Balaban J connectivity index is 1.68. The van der Waals surface area contributed by atoms with Gasteiger partial charge in [-0.15, -0.1) is 0 Å². The van der Waals surface area contributed by atoms with Crippen LogP contribution in [0.15, 0.2) is 59.7 Å². The van der Waals surface area contributed by atoms with Gasteiger partial charge in [-0.05, 0) is 35.9 Å². The highest BCUT2D eigenvalue weighted by Crippen LogP contribution is 2.34. The second-order valence-corrected chi connectivity index (χ2v) is 8.86. The van der Waals surface area contributed by atoms with Gasteiger partial charge in [-0.2, -0.15) is 27.1 Å². The number of nitrogens with one attached hydrogen (secondary N) is 1. The molecule has 7 nitrogen and oxygen atoms in total. The van der Waals surface area contributed by atoms with Crippen LogP contribution in [0.25, 0.3) is 37.9 Å². The summed E-state index contributed by atoms with van der Waals surface area (Å²) < 4.78 is 71.1. The molecule has 186 valence electrons. The lowest BCUT2D eigenvalue weighted by Gasteiger charge is -2.11. The minimum atomic E-state index is -4.45. The smallest absolute Gasteiger partial charge is 0.405 e. The summed E-state index contributed by atoms with van der Waals surface area (Å²) in [6, 6.07) is 10.6. The third kappa shape index (κ3) is 4.73. The van der Waals surface area contributed by atoms with E-state index < -0.39 is 24.9 Å². The van der Waals surface area contributed by atoms with Gasteiger partial charge in [0.15, 0.2) is 5.13 Å². The van der Waals surface area contributed by atoms with Gasteiger partial charge in [0.25, 0.3) is 5.56 Å². The van der Waals surface area contributed by atoms with Gasteiger partial charge in [-0.3, -0.25) is 14.0 Å². The van der Waals surface area contributed by atoms with Gasteiger partial charge in [0, 0.05) is 30.5 Å². The van der Waals surface area contributed by atoms with E-state index in [0.29, 0.717) is 16.0 Å². The van der Waals surface area contributed by atoms with Crippen LogP contribution in [-0.2, 0) is 7.05 Å². The van der Waals surface area contributed by atoms with Crippen LogP contribution in [0.1, 0.15) is 0 Å². The number of alkyl halides is 5. The first-order chi connectivity index (χ1) is 17.1. The summed E-state index contributed by atoms with van der Waals surface area (Å²) in [7, 11) is 1.77. The molecule has 0 spiro atoms. The van der Waals surface area contributed by atoms with Crippen LogP contribution in [0.5, 0.6) is 5.75 Å². The van der Waals surface area contributed by atoms with Gasteiger partial charge in [-0.25, -0.2) is 4.98 Å². The monoisotopic (exact) mass is 521 g/mol. The lowest BCUT2D eigenvalue weighted by molar-refractivity contribution is -0.115. The van der Waals surface area contributed by atoms with Crippen LogP contribution >= 0.6 is 11.3 Å². The molecule has 2 aromatic carbocycles. The first-order valence-electron chi connectivity index (χ1n) is 10.4. The van der Waals surface area contributed by atoms with Crippen LogP contribution in [-0.4, -0.2) is 38.7 Å². The number of benzene rings is 2. The summed E-state index contributed by atoms with van der Waals surface area (Å²) in [5.41, 5.74) is 1.40. The van der Waals surface area contributed by atoms with Crippen molar-refractivity contribution < 1.29 is 26.7 Å². The van der Waals surface area contributed by atoms with E-state index in [-0.39, 0.29) is 22.0 Å². The molecule has 0 saturated heterocycles. The van der Waals surface area contributed by atoms with Gasteiger partial charge in [-0.1, -0.05) is 23.5 Å². The zero-order chi connectivity index (χ0) is 25.6. The molecule has 0 fully saturated rings. The Hall–Kier alpha value is -4.00. The van der Waals surface area contributed by atoms with E-state index in [1.807, 2.05) is 0 Å². The minimum Gasteiger partial charge on any atom is -0.435 e. The molecule has 0 aliphatic carbocycles. The van der Waals surface area contributed by atoms with Gasteiger partial charge >= 0.3 is 12.8 Å². The average molecular weight is 521 g/mol. The van der Waals surface area contributed by atoms with E-state index in [0.717, 1.165) is 22.2 Å². The highest BCUT2D eigenvalue weighted by atomic mass is 32.1. The summed E-state index contributed by atoms with van der Waals surface area (Å²) in [6.07, 6.45) is -1.15. The van der Waals surface area contributed by atoms with Crippen molar-refractivity contribution in [2.45, 2.75) is 12.8 Å². The number of aryl methyl sites for hydroxylation is 1. The SMILES string of the molecule is Cn1cc2cc(-n3cc4sc(NCC(F)(F)F)nc4c(-c4ccc(OC(F)F)cc4)c3=O)ccc2n1. The molecular weight excluding hydrogens is 505 g/mol. The van der Waals surface area contributed by atoms with Gasteiger partial charge in [0.1, 0.15) is 12.3 Å². The molecule has 0 aliphatic heterocycles. The largest absolute Gasteiger partial charge is 0.435 e. The van der Waals surface area contributed by atoms with Crippen molar-refractivity contribution in [2.24, 2.45) is 7.05 Å². The molecule has 5 rings (SSSR count).